The van der Waals surface area contributed by atoms with Gasteiger partial charge in [0.1, 0.15) is 0 Å². The van der Waals surface area contributed by atoms with Crippen LogP contribution in [0.4, 0.5) is 5.82 Å². The first-order valence-corrected chi connectivity index (χ1v) is 8.16. The highest BCUT2D eigenvalue weighted by molar-refractivity contribution is 6.39. The summed E-state index contributed by atoms with van der Waals surface area (Å²) in [5, 5.41) is 9.39. The number of hydrogen-bond acceptors (Lipinski definition) is 4. The summed E-state index contributed by atoms with van der Waals surface area (Å²) in [7, 11) is 1.85. The maximum Gasteiger partial charge on any atom is 0.314 e. The molecule has 2 heterocycles. The van der Waals surface area contributed by atoms with Gasteiger partial charge in [0, 0.05) is 43.2 Å². The van der Waals surface area contributed by atoms with Gasteiger partial charge in [-0.1, -0.05) is 6.07 Å². The highest BCUT2D eigenvalue weighted by Gasteiger charge is 2.27. The quantitative estimate of drug-likeness (QED) is 0.620. The molecule has 126 valence electrons. The highest BCUT2D eigenvalue weighted by atomic mass is 16.2. The van der Waals surface area contributed by atoms with Gasteiger partial charge in [-0.15, -0.1) is 0 Å². The molecule has 0 spiro atoms. The number of nitrogens with zero attached hydrogens (tertiary/aromatic N) is 3. The second-order valence-electron chi connectivity index (χ2n) is 5.99. The Kier molecular flexibility index (Phi) is 4.88. The van der Waals surface area contributed by atoms with Crippen molar-refractivity contribution in [1.82, 2.24) is 20.1 Å². The Morgan fingerprint density at radius 1 is 1.29 bits per heavy atom. The van der Waals surface area contributed by atoms with Crippen molar-refractivity contribution in [3.63, 3.8) is 0 Å². The third kappa shape index (κ3) is 4.18. The molecule has 1 aliphatic carbocycles. The van der Waals surface area contributed by atoms with Crippen LogP contribution in [-0.4, -0.2) is 33.1 Å². The largest absolute Gasteiger partial charge is 0.348 e. The number of hydrogen-bond donors (Lipinski definition) is 2. The molecular weight excluding hydrogens is 306 g/mol. The Bertz CT molecular complexity index is 722. The van der Waals surface area contributed by atoms with Crippen molar-refractivity contribution in [3.8, 4) is 0 Å². The molecule has 1 aliphatic rings. The molecule has 2 amide bonds. The molecule has 1 saturated carbocycles. The van der Waals surface area contributed by atoms with E-state index < -0.39 is 11.8 Å². The van der Waals surface area contributed by atoms with Gasteiger partial charge in [0.15, 0.2) is 5.82 Å². The van der Waals surface area contributed by atoms with E-state index >= 15 is 0 Å². The maximum atomic E-state index is 11.9. The van der Waals surface area contributed by atoms with E-state index in [1.807, 2.05) is 31.3 Å². The highest BCUT2D eigenvalue weighted by Crippen LogP contribution is 2.40. The minimum atomic E-state index is -0.687. The molecular formula is C17H21N5O2. The van der Waals surface area contributed by atoms with Crippen molar-refractivity contribution in [2.24, 2.45) is 7.05 Å². The fourth-order valence-corrected chi connectivity index (χ4v) is 2.57. The van der Waals surface area contributed by atoms with Gasteiger partial charge in [-0.05, 0) is 37.8 Å². The van der Waals surface area contributed by atoms with Gasteiger partial charge >= 0.3 is 11.8 Å². The monoisotopic (exact) mass is 327 g/mol. The van der Waals surface area contributed by atoms with E-state index in [0.717, 1.165) is 37.1 Å². The van der Waals surface area contributed by atoms with Crippen LogP contribution in [0.2, 0.25) is 0 Å². The molecule has 3 rings (SSSR count). The third-order valence-electron chi connectivity index (χ3n) is 3.98. The lowest BCUT2D eigenvalue weighted by Gasteiger charge is -2.04. The number of nitrogens with one attached hydrogen (secondary N) is 2. The maximum absolute atomic E-state index is 11.9. The van der Waals surface area contributed by atoms with Crippen LogP contribution in [0.3, 0.4) is 0 Å². The van der Waals surface area contributed by atoms with Gasteiger partial charge in [0.2, 0.25) is 0 Å². The summed E-state index contributed by atoms with van der Waals surface area (Å²) in [5.74, 6) is -0.371. The molecule has 2 N–H and O–H groups in total. The van der Waals surface area contributed by atoms with E-state index in [-0.39, 0.29) is 0 Å². The zero-order chi connectivity index (χ0) is 16.9. The van der Waals surface area contributed by atoms with Gasteiger partial charge in [0.25, 0.3) is 0 Å². The van der Waals surface area contributed by atoms with E-state index in [1.54, 1.807) is 10.9 Å². The molecule has 0 bridgehead atoms. The summed E-state index contributed by atoms with van der Waals surface area (Å²) in [6.45, 7) is 0.429. The minimum Gasteiger partial charge on any atom is -0.348 e. The topological polar surface area (TPSA) is 88.9 Å². The lowest BCUT2D eigenvalue weighted by Crippen LogP contribution is -2.36. The van der Waals surface area contributed by atoms with Crippen molar-refractivity contribution in [2.45, 2.75) is 31.6 Å². The van der Waals surface area contributed by atoms with E-state index in [2.05, 4.69) is 20.7 Å². The molecule has 0 aromatic carbocycles. The van der Waals surface area contributed by atoms with Gasteiger partial charge in [-0.2, -0.15) is 5.10 Å². The number of pyridine rings is 1. The van der Waals surface area contributed by atoms with E-state index in [4.69, 9.17) is 0 Å². The van der Waals surface area contributed by atoms with Gasteiger partial charge in [-0.3, -0.25) is 19.3 Å². The van der Waals surface area contributed by atoms with Gasteiger partial charge < -0.3 is 10.6 Å². The normalized spacial score (nSPS) is 13.5. The van der Waals surface area contributed by atoms with Crippen molar-refractivity contribution in [2.75, 3.05) is 11.9 Å². The lowest BCUT2D eigenvalue weighted by atomic mass is 10.2. The molecule has 0 aliphatic heterocycles. The molecule has 7 nitrogen and oxygen atoms in total. The number of carbonyl (C=O) groups is 2. The Morgan fingerprint density at radius 3 is 2.83 bits per heavy atom. The fourth-order valence-electron chi connectivity index (χ4n) is 2.57. The second kappa shape index (κ2) is 7.25. The third-order valence-corrected chi connectivity index (χ3v) is 3.98. The van der Waals surface area contributed by atoms with Crippen LogP contribution in [0.1, 0.15) is 36.6 Å². The Morgan fingerprint density at radius 2 is 2.12 bits per heavy atom. The molecule has 0 radical (unpaired) electrons. The lowest BCUT2D eigenvalue weighted by molar-refractivity contribution is -0.136. The summed E-state index contributed by atoms with van der Waals surface area (Å²) in [4.78, 5) is 27.9. The fraction of sp³-hybridized carbons (Fsp3) is 0.412. The first-order valence-electron chi connectivity index (χ1n) is 8.16. The molecule has 2 aromatic rings. The second-order valence-corrected chi connectivity index (χ2v) is 5.99. The summed E-state index contributed by atoms with van der Waals surface area (Å²) in [6, 6.07) is 7.57. The molecule has 24 heavy (non-hydrogen) atoms. The summed E-state index contributed by atoms with van der Waals surface area (Å²) >= 11 is 0. The van der Waals surface area contributed by atoms with E-state index in [1.165, 1.54) is 0 Å². The Hall–Kier alpha value is -2.70. The van der Waals surface area contributed by atoms with Crippen molar-refractivity contribution in [1.29, 1.82) is 0 Å². The van der Waals surface area contributed by atoms with Crippen LogP contribution >= 0.6 is 0 Å². The number of rotatable bonds is 6. The van der Waals surface area contributed by atoms with E-state index in [9.17, 15) is 9.59 Å². The number of carbonyl (C=O) groups excluding carboxylic acids is 2. The Labute approximate surface area is 140 Å². The standard InChI is InChI=1S/C17H21N5O2/c1-22-14(12-7-8-12)11-15(21-22)20-17(24)16(23)19-10-4-6-13-5-2-3-9-18-13/h2-3,5,9,11-12H,4,6-8,10H2,1H3,(H,19,23)(H,20,21,24). The predicted octanol–water partition coefficient (Wildman–Crippen LogP) is 1.38. The number of aryl methyl sites for hydroxylation is 2. The molecule has 1 fully saturated rings. The minimum absolute atomic E-state index is 0.424. The number of amides is 2. The van der Waals surface area contributed by atoms with Crippen molar-refractivity contribution >= 4 is 17.6 Å². The van der Waals surface area contributed by atoms with Crippen LogP contribution in [0, 0.1) is 0 Å². The predicted molar refractivity (Wildman–Crippen MR) is 89.4 cm³/mol. The Balaban J connectivity index is 1.41. The summed E-state index contributed by atoms with van der Waals surface area (Å²) in [5.41, 5.74) is 2.07. The molecule has 2 aromatic heterocycles. The molecule has 0 unspecified atom stereocenters. The van der Waals surface area contributed by atoms with Crippen LogP contribution < -0.4 is 10.6 Å². The molecule has 0 saturated heterocycles. The van der Waals surface area contributed by atoms with E-state index in [0.29, 0.717) is 18.3 Å². The zero-order valence-electron chi connectivity index (χ0n) is 13.7. The van der Waals surface area contributed by atoms with Crippen LogP contribution in [0.15, 0.2) is 30.5 Å². The first kappa shape index (κ1) is 16.2. The smallest absolute Gasteiger partial charge is 0.314 e. The van der Waals surface area contributed by atoms with Crippen molar-refractivity contribution in [3.05, 3.63) is 41.9 Å². The molecule has 0 atom stereocenters. The van der Waals surface area contributed by atoms with Gasteiger partial charge in [-0.25, -0.2) is 0 Å². The average molecular weight is 327 g/mol. The average Bonchev–Trinajstić information content (AvgIpc) is 3.36. The van der Waals surface area contributed by atoms with Gasteiger partial charge in [0.05, 0.1) is 0 Å². The molecule has 7 heteroatoms. The SMILES string of the molecule is Cn1nc(NC(=O)C(=O)NCCCc2ccccn2)cc1C1CC1. The van der Waals surface area contributed by atoms with Crippen LogP contribution in [0.5, 0.6) is 0 Å². The first-order chi connectivity index (χ1) is 11.6. The summed E-state index contributed by atoms with van der Waals surface area (Å²) < 4.78 is 1.76. The van der Waals surface area contributed by atoms with Crippen LogP contribution in [-0.2, 0) is 23.1 Å². The van der Waals surface area contributed by atoms with Crippen LogP contribution in [0.25, 0.3) is 0 Å². The zero-order valence-corrected chi connectivity index (χ0v) is 13.7. The summed E-state index contributed by atoms with van der Waals surface area (Å²) in [6.07, 6.45) is 5.54. The van der Waals surface area contributed by atoms with Crippen molar-refractivity contribution < 1.29 is 9.59 Å². The number of anilines is 1. The number of aromatic nitrogens is 3.